The Hall–Kier alpha value is -1.97. The molecule has 2 aliphatic rings. The summed E-state index contributed by atoms with van der Waals surface area (Å²) in [5, 5.41) is 4.91. The topological polar surface area (TPSA) is 46.1 Å². The Morgan fingerprint density at radius 1 is 1.23 bits per heavy atom. The Bertz CT molecular complexity index is 732. The predicted octanol–water partition coefficient (Wildman–Crippen LogP) is 3.21. The molecule has 0 radical (unpaired) electrons. The Kier molecular flexibility index (Phi) is 4.80. The largest absolute Gasteiger partial charge is 0.405 e. The normalized spacial score (nSPS) is 20.2. The zero-order valence-corrected chi connectivity index (χ0v) is 13.6. The standard InChI is InChI=1S/C16H17F6N3O/c17-15(18,19)5-9-1-2-10-6-23-3-4-25-7-11(12(9)13(10)25)14(26)24-8-16(20,21)22/h2,7,9,23H,1,3-6,8H2,(H,24,26). The van der Waals surface area contributed by atoms with Crippen molar-refractivity contribution in [3.8, 4) is 0 Å². The van der Waals surface area contributed by atoms with E-state index in [0.717, 1.165) is 5.57 Å². The highest BCUT2D eigenvalue weighted by atomic mass is 19.4. The average Bonchev–Trinajstić information content (AvgIpc) is 2.77. The number of halogens is 6. The van der Waals surface area contributed by atoms with Crippen LogP contribution in [0.1, 0.15) is 40.4 Å². The predicted molar refractivity (Wildman–Crippen MR) is 81.7 cm³/mol. The summed E-state index contributed by atoms with van der Waals surface area (Å²) in [6.45, 7) is -0.115. The van der Waals surface area contributed by atoms with Crippen molar-refractivity contribution in [2.24, 2.45) is 0 Å². The summed E-state index contributed by atoms with van der Waals surface area (Å²) < 4.78 is 77.7. The molecule has 1 amide bonds. The molecule has 2 heterocycles. The van der Waals surface area contributed by atoms with Gasteiger partial charge in [-0.1, -0.05) is 6.08 Å². The molecule has 4 nitrogen and oxygen atoms in total. The highest BCUT2D eigenvalue weighted by molar-refractivity contribution is 5.98. The minimum atomic E-state index is -4.59. The summed E-state index contributed by atoms with van der Waals surface area (Å²) in [6.07, 6.45) is -6.98. The van der Waals surface area contributed by atoms with Crippen molar-refractivity contribution in [2.75, 3.05) is 19.6 Å². The fourth-order valence-corrected chi connectivity index (χ4v) is 3.52. The first-order valence-electron chi connectivity index (χ1n) is 8.10. The van der Waals surface area contributed by atoms with Gasteiger partial charge in [0.05, 0.1) is 12.0 Å². The van der Waals surface area contributed by atoms with Gasteiger partial charge < -0.3 is 15.2 Å². The lowest BCUT2D eigenvalue weighted by Crippen LogP contribution is -2.34. The number of allylic oxidation sites excluding steroid dienone is 1. The Morgan fingerprint density at radius 2 is 1.96 bits per heavy atom. The van der Waals surface area contributed by atoms with Crippen LogP contribution in [-0.2, 0) is 6.54 Å². The van der Waals surface area contributed by atoms with E-state index in [2.05, 4.69) is 5.32 Å². The van der Waals surface area contributed by atoms with Gasteiger partial charge in [-0.15, -0.1) is 0 Å². The fourth-order valence-electron chi connectivity index (χ4n) is 3.52. The van der Waals surface area contributed by atoms with Crippen LogP contribution in [0.25, 0.3) is 5.57 Å². The van der Waals surface area contributed by atoms with Crippen LogP contribution in [0, 0.1) is 0 Å². The van der Waals surface area contributed by atoms with Crippen molar-refractivity contribution in [1.29, 1.82) is 0 Å². The first kappa shape index (κ1) is 18.8. The molecule has 10 heteroatoms. The fraction of sp³-hybridized carbons (Fsp3) is 0.562. The molecule has 144 valence electrons. The van der Waals surface area contributed by atoms with E-state index in [9.17, 15) is 31.1 Å². The van der Waals surface area contributed by atoms with Crippen LogP contribution in [0.5, 0.6) is 0 Å². The van der Waals surface area contributed by atoms with E-state index in [1.807, 2.05) is 0 Å². The van der Waals surface area contributed by atoms with E-state index in [4.69, 9.17) is 0 Å². The van der Waals surface area contributed by atoms with Crippen molar-refractivity contribution >= 4 is 11.5 Å². The lowest BCUT2D eigenvalue weighted by molar-refractivity contribution is -0.138. The molecule has 1 aliphatic heterocycles. The second kappa shape index (κ2) is 6.64. The van der Waals surface area contributed by atoms with Gasteiger partial charge in [-0.05, 0) is 23.5 Å². The molecule has 1 aromatic heterocycles. The molecule has 0 aromatic carbocycles. The van der Waals surface area contributed by atoms with Crippen molar-refractivity contribution in [2.45, 2.75) is 37.7 Å². The number of rotatable bonds is 3. The number of carbonyl (C=O) groups excluding carboxylic acids is 1. The number of aromatic nitrogens is 1. The number of hydrogen-bond acceptors (Lipinski definition) is 2. The average molecular weight is 381 g/mol. The smallest absolute Gasteiger partial charge is 0.345 e. The summed E-state index contributed by atoms with van der Waals surface area (Å²) in [5.41, 5.74) is 1.38. The lowest BCUT2D eigenvalue weighted by atomic mass is 9.82. The molecule has 0 saturated heterocycles. The maximum Gasteiger partial charge on any atom is 0.405 e. The Labute approximate surface area is 145 Å². The van der Waals surface area contributed by atoms with Crippen LogP contribution < -0.4 is 10.6 Å². The van der Waals surface area contributed by atoms with E-state index in [-0.39, 0.29) is 17.5 Å². The molecule has 26 heavy (non-hydrogen) atoms. The highest BCUT2D eigenvalue weighted by Crippen LogP contribution is 2.43. The van der Waals surface area contributed by atoms with Crippen molar-refractivity contribution < 1.29 is 31.1 Å². The van der Waals surface area contributed by atoms with Crippen LogP contribution in [0.15, 0.2) is 12.3 Å². The van der Waals surface area contributed by atoms with Crippen LogP contribution >= 0.6 is 0 Å². The van der Waals surface area contributed by atoms with E-state index < -0.39 is 37.1 Å². The van der Waals surface area contributed by atoms with E-state index in [1.165, 1.54) is 6.20 Å². The van der Waals surface area contributed by atoms with Gasteiger partial charge in [0.2, 0.25) is 0 Å². The summed E-state index contributed by atoms with van der Waals surface area (Å²) >= 11 is 0. The van der Waals surface area contributed by atoms with Gasteiger partial charge in [0.1, 0.15) is 6.54 Å². The molecule has 0 spiro atoms. The number of hydrogen-bond donors (Lipinski definition) is 2. The Balaban J connectivity index is 2.00. The summed E-state index contributed by atoms with van der Waals surface area (Å²) in [7, 11) is 0. The molecule has 1 aromatic rings. The first-order valence-corrected chi connectivity index (χ1v) is 8.10. The Morgan fingerprint density at radius 3 is 2.62 bits per heavy atom. The van der Waals surface area contributed by atoms with Gasteiger partial charge in [0, 0.05) is 31.5 Å². The second-order valence-electron chi connectivity index (χ2n) is 6.45. The molecule has 0 fully saturated rings. The third-order valence-electron chi connectivity index (χ3n) is 4.50. The number of amides is 1. The van der Waals surface area contributed by atoms with E-state index in [0.29, 0.717) is 25.3 Å². The number of carbonyl (C=O) groups is 1. The van der Waals surface area contributed by atoms with Crippen LogP contribution in [-0.4, -0.2) is 42.5 Å². The third kappa shape index (κ3) is 4.05. The van der Waals surface area contributed by atoms with Crippen LogP contribution in [0.4, 0.5) is 26.3 Å². The van der Waals surface area contributed by atoms with Crippen LogP contribution in [0.3, 0.4) is 0 Å². The maximum atomic E-state index is 13.0. The summed E-state index contributed by atoms with van der Waals surface area (Å²) in [5.74, 6) is -1.99. The molecular weight excluding hydrogens is 364 g/mol. The zero-order valence-electron chi connectivity index (χ0n) is 13.6. The molecule has 0 saturated carbocycles. The number of nitrogens with zero attached hydrogens (tertiary/aromatic N) is 1. The minimum absolute atomic E-state index is 0.0904. The highest BCUT2D eigenvalue weighted by Gasteiger charge is 2.39. The number of nitrogens with one attached hydrogen (secondary N) is 2. The molecule has 2 N–H and O–H groups in total. The monoisotopic (exact) mass is 381 g/mol. The molecule has 1 unspecified atom stereocenters. The van der Waals surface area contributed by atoms with Gasteiger partial charge in [0.25, 0.3) is 5.91 Å². The van der Waals surface area contributed by atoms with Gasteiger partial charge >= 0.3 is 12.4 Å². The van der Waals surface area contributed by atoms with E-state index in [1.54, 1.807) is 16.0 Å². The van der Waals surface area contributed by atoms with Gasteiger partial charge in [-0.25, -0.2) is 0 Å². The van der Waals surface area contributed by atoms with Crippen LogP contribution in [0.2, 0.25) is 0 Å². The molecular formula is C16H17F6N3O. The lowest BCUT2D eigenvalue weighted by Gasteiger charge is -2.25. The first-order chi connectivity index (χ1) is 12.1. The third-order valence-corrected chi connectivity index (χ3v) is 4.50. The van der Waals surface area contributed by atoms with Gasteiger partial charge in [0.15, 0.2) is 0 Å². The molecule has 1 atom stereocenters. The maximum absolute atomic E-state index is 13.0. The van der Waals surface area contributed by atoms with Crippen molar-refractivity contribution in [3.63, 3.8) is 0 Å². The van der Waals surface area contributed by atoms with Crippen molar-refractivity contribution in [3.05, 3.63) is 29.1 Å². The van der Waals surface area contributed by atoms with Crippen molar-refractivity contribution in [1.82, 2.24) is 15.2 Å². The zero-order chi connectivity index (χ0) is 19.1. The van der Waals surface area contributed by atoms with E-state index >= 15 is 0 Å². The minimum Gasteiger partial charge on any atom is -0.345 e. The SMILES string of the molecule is O=C(NCC(F)(F)F)c1cn2c3c1C(CC(F)(F)F)CC=C3CNCC2. The number of alkyl halides is 6. The second-order valence-corrected chi connectivity index (χ2v) is 6.45. The molecule has 0 bridgehead atoms. The van der Waals surface area contributed by atoms with Gasteiger partial charge in [-0.3, -0.25) is 4.79 Å². The van der Waals surface area contributed by atoms with Gasteiger partial charge in [-0.2, -0.15) is 26.3 Å². The molecule has 3 rings (SSSR count). The summed E-state index contributed by atoms with van der Waals surface area (Å²) in [4.78, 5) is 12.3. The quantitative estimate of drug-likeness (QED) is 0.790. The summed E-state index contributed by atoms with van der Waals surface area (Å²) in [6, 6.07) is 0. The molecule has 1 aliphatic carbocycles.